The summed E-state index contributed by atoms with van der Waals surface area (Å²) in [5, 5.41) is 8.74. The molecule has 58 valence electrons. The van der Waals surface area contributed by atoms with Crippen molar-refractivity contribution < 1.29 is 4.79 Å². The van der Waals surface area contributed by atoms with Crippen molar-refractivity contribution in [1.29, 1.82) is 5.26 Å². The Kier molecular flexibility index (Phi) is 1.82. The Morgan fingerprint density at radius 1 is 1.55 bits per heavy atom. The summed E-state index contributed by atoms with van der Waals surface area (Å²) in [4.78, 5) is 10.8. The van der Waals surface area contributed by atoms with Crippen molar-refractivity contribution in [2.24, 2.45) is 5.41 Å². The number of nitrogens with zero attached hydrogens (tertiary/aromatic N) is 1. The normalized spacial score (nSPS) is 17.9. The minimum Gasteiger partial charge on any atom is -0.295 e. The van der Waals surface area contributed by atoms with Gasteiger partial charge in [0, 0.05) is 6.42 Å². The maximum atomic E-state index is 10.8. The SMILES string of the molecule is CC(C)(C#N)C1=CC(=O)CC1. The van der Waals surface area contributed by atoms with Gasteiger partial charge in [-0.25, -0.2) is 0 Å². The van der Waals surface area contributed by atoms with Crippen LogP contribution in [0.1, 0.15) is 26.7 Å². The third-order valence-corrected chi connectivity index (χ3v) is 2.06. The van der Waals surface area contributed by atoms with Crippen molar-refractivity contribution in [2.45, 2.75) is 26.7 Å². The van der Waals surface area contributed by atoms with Crippen LogP contribution in [0.2, 0.25) is 0 Å². The molecule has 0 amide bonds. The zero-order valence-corrected chi connectivity index (χ0v) is 6.85. The number of ketones is 1. The largest absolute Gasteiger partial charge is 0.295 e. The Hall–Kier alpha value is -1.10. The van der Waals surface area contributed by atoms with E-state index in [4.69, 9.17) is 5.26 Å². The van der Waals surface area contributed by atoms with Crippen LogP contribution in [0.3, 0.4) is 0 Å². The van der Waals surface area contributed by atoms with E-state index in [2.05, 4.69) is 6.07 Å². The molecule has 0 saturated heterocycles. The number of hydrogen-bond donors (Lipinski definition) is 0. The predicted molar refractivity (Wildman–Crippen MR) is 41.7 cm³/mol. The molecule has 1 rings (SSSR count). The lowest BCUT2D eigenvalue weighted by molar-refractivity contribution is -0.114. The first-order chi connectivity index (χ1) is 5.06. The van der Waals surface area contributed by atoms with Crippen molar-refractivity contribution in [2.75, 3.05) is 0 Å². The van der Waals surface area contributed by atoms with Crippen molar-refractivity contribution in [3.05, 3.63) is 11.6 Å². The lowest BCUT2D eigenvalue weighted by atomic mass is 9.85. The first-order valence-corrected chi connectivity index (χ1v) is 3.71. The van der Waals surface area contributed by atoms with E-state index in [1.165, 1.54) is 0 Å². The third kappa shape index (κ3) is 1.48. The topological polar surface area (TPSA) is 40.9 Å². The number of hydrogen-bond acceptors (Lipinski definition) is 2. The van der Waals surface area contributed by atoms with Crippen molar-refractivity contribution in [1.82, 2.24) is 0 Å². The lowest BCUT2D eigenvalue weighted by Crippen LogP contribution is -2.09. The van der Waals surface area contributed by atoms with E-state index in [-0.39, 0.29) is 5.78 Å². The summed E-state index contributed by atoms with van der Waals surface area (Å²) in [6.07, 6.45) is 2.96. The smallest absolute Gasteiger partial charge is 0.156 e. The van der Waals surface area contributed by atoms with Crippen LogP contribution in [0.15, 0.2) is 11.6 Å². The van der Waals surface area contributed by atoms with Crippen LogP contribution in [-0.4, -0.2) is 5.78 Å². The van der Waals surface area contributed by atoms with Gasteiger partial charge < -0.3 is 0 Å². The molecule has 0 heterocycles. The molecule has 0 atom stereocenters. The quantitative estimate of drug-likeness (QED) is 0.570. The van der Waals surface area contributed by atoms with Gasteiger partial charge in [0.05, 0.1) is 11.5 Å². The van der Waals surface area contributed by atoms with Crippen molar-refractivity contribution in [3.8, 4) is 6.07 Å². The molecule has 0 saturated carbocycles. The van der Waals surface area contributed by atoms with Gasteiger partial charge in [0.25, 0.3) is 0 Å². The van der Waals surface area contributed by atoms with Crippen LogP contribution in [-0.2, 0) is 4.79 Å². The zero-order chi connectivity index (χ0) is 8.48. The lowest BCUT2D eigenvalue weighted by Gasteiger charge is -2.15. The summed E-state index contributed by atoms with van der Waals surface area (Å²) in [6.45, 7) is 3.69. The van der Waals surface area contributed by atoms with Gasteiger partial charge in [-0.1, -0.05) is 0 Å². The standard InChI is InChI=1S/C9H11NO/c1-9(2,6-10)7-3-4-8(11)5-7/h5H,3-4H2,1-2H3. The number of carbonyl (C=O) groups excluding carboxylic acids is 1. The summed E-state index contributed by atoms with van der Waals surface area (Å²) in [5.41, 5.74) is 0.525. The molecule has 0 N–H and O–H groups in total. The van der Waals surface area contributed by atoms with Gasteiger partial charge in [0.2, 0.25) is 0 Å². The molecule has 0 aromatic rings. The molecule has 2 heteroatoms. The summed E-state index contributed by atoms with van der Waals surface area (Å²) < 4.78 is 0. The highest BCUT2D eigenvalue weighted by atomic mass is 16.1. The van der Waals surface area contributed by atoms with Gasteiger partial charge in [-0.05, 0) is 31.9 Å². The summed E-state index contributed by atoms with van der Waals surface area (Å²) in [5.74, 6) is 0.156. The second-order valence-electron chi connectivity index (χ2n) is 3.37. The molecule has 11 heavy (non-hydrogen) atoms. The molecule has 1 aliphatic rings. The zero-order valence-electron chi connectivity index (χ0n) is 6.85. The first kappa shape index (κ1) is 8.00. The van der Waals surface area contributed by atoms with Crippen molar-refractivity contribution >= 4 is 5.78 Å². The van der Waals surface area contributed by atoms with E-state index < -0.39 is 5.41 Å². The highest BCUT2D eigenvalue weighted by molar-refractivity contribution is 5.93. The number of allylic oxidation sites excluding steroid dienone is 2. The van der Waals surface area contributed by atoms with Crippen molar-refractivity contribution in [3.63, 3.8) is 0 Å². The fourth-order valence-corrected chi connectivity index (χ4v) is 1.16. The minimum absolute atomic E-state index is 0.156. The average molecular weight is 149 g/mol. The van der Waals surface area contributed by atoms with Crippen LogP contribution < -0.4 is 0 Å². The van der Waals surface area contributed by atoms with Gasteiger partial charge in [0.15, 0.2) is 5.78 Å². The highest BCUT2D eigenvalue weighted by Gasteiger charge is 2.26. The van der Waals surface area contributed by atoms with E-state index in [0.29, 0.717) is 6.42 Å². The molecule has 0 aromatic heterocycles. The fraction of sp³-hybridized carbons (Fsp3) is 0.556. The molecule has 0 bridgehead atoms. The Morgan fingerprint density at radius 2 is 2.18 bits per heavy atom. The summed E-state index contributed by atoms with van der Waals surface area (Å²) >= 11 is 0. The monoisotopic (exact) mass is 149 g/mol. The Balaban J connectivity index is 2.86. The summed E-state index contributed by atoms with van der Waals surface area (Å²) in [6, 6.07) is 2.18. The van der Waals surface area contributed by atoms with Gasteiger partial charge in [-0.3, -0.25) is 4.79 Å². The molecule has 1 aliphatic carbocycles. The van der Waals surface area contributed by atoms with Crippen LogP contribution in [0.4, 0.5) is 0 Å². The average Bonchev–Trinajstić information content (AvgIpc) is 2.36. The molecular weight excluding hydrogens is 138 g/mol. The van der Waals surface area contributed by atoms with Crippen LogP contribution in [0, 0.1) is 16.7 Å². The third-order valence-electron chi connectivity index (χ3n) is 2.06. The van der Waals surface area contributed by atoms with E-state index in [1.54, 1.807) is 6.08 Å². The second kappa shape index (κ2) is 2.50. The molecule has 0 radical (unpaired) electrons. The van der Waals surface area contributed by atoms with E-state index >= 15 is 0 Å². The maximum Gasteiger partial charge on any atom is 0.156 e. The molecule has 0 fully saturated rings. The van der Waals surface area contributed by atoms with Gasteiger partial charge in [-0.15, -0.1) is 0 Å². The summed E-state index contributed by atoms with van der Waals surface area (Å²) in [7, 11) is 0. The molecule has 2 nitrogen and oxygen atoms in total. The molecule has 0 unspecified atom stereocenters. The van der Waals surface area contributed by atoms with Gasteiger partial charge in [0.1, 0.15) is 0 Å². The van der Waals surface area contributed by atoms with Gasteiger partial charge >= 0.3 is 0 Å². The number of nitriles is 1. The second-order valence-corrected chi connectivity index (χ2v) is 3.37. The molecular formula is C9H11NO. The molecule has 0 aliphatic heterocycles. The molecule has 0 aromatic carbocycles. The molecule has 0 spiro atoms. The van der Waals surface area contributed by atoms with Crippen LogP contribution >= 0.6 is 0 Å². The minimum atomic E-state index is -0.452. The number of carbonyl (C=O) groups is 1. The predicted octanol–water partition coefficient (Wildman–Crippen LogP) is 1.83. The van der Waals surface area contributed by atoms with E-state index in [1.807, 2.05) is 13.8 Å². The highest BCUT2D eigenvalue weighted by Crippen LogP contribution is 2.32. The van der Waals surface area contributed by atoms with Crippen LogP contribution in [0.5, 0.6) is 0 Å². The van der Waals surface area contributed by atoms with E-state index in [0.717, 1.165) is 12.0 Å². The van der Waals surface area contributed by atoms with Crippen LogP contribution in [0.25, 0.3) is 0 Å². The number of rotatable bonds is 1. The van der Waals surface area contributed by atoms with E-state index in [9.17, 15) is 4.79 Å². The Morgan fingerprint density at radius 3 is 2.55 bits per heavy atom. The van der Waals surface area contributed by atoms with Gasteiger partial charge in [-0.2, -0.15) is 5.26 Å². The Bertz CT molecular complexity index is 255. The Labute approximate surface area is 66.5 Å². The fourth-order valence-electron chi connectivity index (χ4n) is 1.16. The first-order valence-electron chi connectivity index (χ1n) is 3.71. The maximum absolute atomic E-state index is 10.8.